The first-order valence-electron chi connectivity index (χ1n) is 24.3. The molecule has 2 aromatic heterocycles. The third-order valence-electron chi connectivity index (χ3n) is 10.7. The number of aliphatic carboxylic acids is 3. The molecule has 3 rings (SSSR count). The number of urea groups is 1. The maximum absolute atomic E-state index is 13.8. The molecule has 0 aliphatic rings. The number of aromatic amines is 1. The number of nitrogens with two attached hydrogens (primary N) is 4. The molecule has 2 heterocycles. The third-order valence-corrected chi connectivity index (χ3v) is 10.7. The van der Waals surface area contributed by atoms with Crippen LogP contribution in [0.5, 0.6) is 5.75 Å². The average molecular weight is 1240 g/mol. The summed E-state index contributed by atoms with van der Waals surface area (Å²) in [4.78, 5) is 110. The molecule has 0 aliphatic heterocycles. The summed E-state index contributed by atoms with van der Waals surface area (Å²) in [5.74, 6) is -10.4. The minimum atomic E-state index is -1.63. The second-order valence-electron chi connectivity index (χ2n) is 16.8. The molecule has 0 saturated heterocycles. The number of carboxylic acid groups (broad SMARTS) is 3. The molecule has 6 atom stereocenters. The third kappa shape index (κ3) is 29.9. The molecular weight excluding hydrogens is 1160 g/mol. The average Bonchev–Trinajstić information content (AvgIpc) is 4.02. The van der Waals surface area contributed by atoms with E-state index in [0.717, 1.165) is 0 Å². The van der Waals surface area contributed by atoms with E-state index in [2.05, 4.69) is 77.9 Å². The number of pyridine rings is 1. The van der Waals surface area contributed by atoms with Crippen molar-refractivity contribution >= 4 is 59.3 Å². The van der Waals surface area contributed by atoms with Crippen molar-refractivity contribution in [3.63, 3.8) is 0 Å². The van der Waals surface area contributed by atoms with Crippen molar-refractivity contribution < 1.29 is 98.9 Å². The number of carboxylic acids is 3. The number of H-pyrrole nitrogens is 1. The fourth-order valence-electron chi connectivity index (χ4n) is 6.70. The van der Waals surface area contributed by atoms with Crippen molar-refractivity contribution in [2.75, 3.05) is 53.0 Å². The molecule has 447 valence electrons. The predicted octanol–water partition coefficient (Wildman–Crippen LogP) is -5.87. The van der Waals surface area contributed by atoms with Gasteiger partial charge < -0.3 is 90.0 Å². The first-order chi connectivity index (χ1) is 38.1. The molecule has 1 aromatic carbocycles. The molecule has 2 unspecified atom stereocenters. The van der Waals surface area contributed by atoms with E-state index in [1.165, 1.54) is 18.9 Å². The van der Waals surface area contributed by atoms with Crippen LogP contribution in [0.1, 0.15) is 45.1 Å². The first-order valence-corrected chi connectivity index (χ1v) is 24.3. The Balaban J connectivity index is 0.00000220. The van der Waals surface area contributed by atoms with E-state index in [1.807, 2.05) is 0 Å². The van der Waals surface area contributed by atoms with Crippen LogP contribution in [0.2, 0.25) is 0 Å². The smallest absolute Gasteiger partial charge is 0.494 e. The van der Waals surface area contributed by atoms with Crippen molar-refractivity contribution in [2.45, 2.75) is 81.9 Å². The summed E-state index contributed by atoms with van der Waals surface area (Å²) >= 11 is 0. The zero-order chi connectivity index (χ0) is 60.0. The summed E-state index contributed by atoms with van der Waals surface area (Å²) in [5, 5.41) is 96.5. The number of aliphatic hydroxyl groups excluding tert-OH is 4. The van der Waals surface area contributed by atoms with Gasteiger partial charge in [0, 0.05) is 25.7 Å². The number of hydrogen-bond acceptors (Lipinski definition) is 23. The second kappa shape index (κ2) is 41.3. The Labute approximate surface area is 477 Å². The van der Waals surface area contributed by atoms with Gasteiger partial charge in [0.1, 0.15) is 54.4 Å². The summed E-state index contributed by atoms with van der Waals surface area (Å²) in [6.45, 7) is 0.779. The number of amides is 6. The number of aliphatic hydroxyl groups is 4. The monoisotopic (exact) mass is 1230 g/mol. The summed E-state index contributed by atoms with van der Waals surface area (Å²) < 4.78 is 5.73. The van der Waals surface area contributed by atoms with Gasteiger partial charge in [-0.05, 0) is 55.0 Å². The Morgan fingerprint density at radius 2 is 1.42 bits per heavy atom. The van der Waals surface area contributed by atoms with E-state index in [1.54, 1.807) is 56.3 Å². The van der Waals surface area contributed by atoms with E-state index in [-0.39, 0.29) is 70.8 Å². The number of benzene rings is 1. The van der Waals surface area contributed by atoms with Gasteiger partial charge in [-0.25, -0.2) is 19.6 Å². The van der Waals surface area contributed by atoms with Gasteiger partial charge in [-0.3, -0.25) is 54.8 Å². The number of carbonyl (C=O) groups excluding carboxylic acids is 5. The summed E-state index contributed by atoms with van der Waals surface area (Å²) in [6.07, 6.45) is 4.11. The number of carbonyl (C=O) groups is 8. The molecule has 81 heavy (non-hydrogen) atoms. The number of hydrogen-bond donors (Lipinski definition) is 20. The molecule has 36 heteroatoms. The van der Waals surface area contributed by atoms with Crippen LogP contribution in [-0.4, -0.2) is 198 Å². The van der Waals surface area contributed by atoms with Gasteiger partial charge in [-0.15, -0.1) is 5.11 Å². The van der Waals surface area contributed by atoms with Crippen molar-refractivity contribution in [3.8, 4) is 5.75 Å². The van der Waals surface area contributed by atoms with Gasteiger partial charge in [0.05, 0.1) is 52.3 Å². The molecule has 0 bridgehead atoms. The van der Waals surface area contributed by atoms with Crippen LogP contribution in [0.3, 0.4) is 0 Å². The molecule has 0 saturated carbocycles. The van der Waals surface area contributed by atoms with Gasteiger partial charge in [0.25, 0.3) is 0 Å². The summed E-state index contributed by atoms with van der Waals surface area (Å²) in [7, 11) is 0. The Kier molecular flexibility index (Phi) is 37.3. The molecule has 0 spiro atoms. The standard InChI is InChI=1S/C35H50N12O10.C8H20N4O6.C2H3N3.Tc/c1-20(2)29(32(53)43-23(33(54)55)7-5-14-40-34(37)38)45-31(52)24(44-30(51)25(18-28(49)50)42-27(48)19-36)17-21-9-11-22(12-10-21)57-16-6-15-41-35(56)47-46-26-8-3-4-13-39-26;9-6(7(17)18)5(1-13)8(10-2-14,11-3-15)12-4-16;1-3-2-5-4-1;/h3-4,8-13,20,23-25,29H,5-7,14-19,36H2,1-2H3,(H,41,56)(H,42,48)(H,43,53)(H,44,51)(H,45,52)(H,49,50)(H,54,55)(H4,37,38,40);5-6,10-16H,1-4,9H2,(H,17,18);1-2H,(H,3,4,5);/q;;;+4/b47-46+;;;/t23-,24-,25-,29-;;;/m0.../s1/i;;;1+1. The van der Waals surface area contributed by atoms with Crippen molar-refractivity contribution in [3.05, 3.63) is 66.9 Å². The maximum atomic E-state index is 13.8. The topological polar surface area (TPSA) is 579 Å². The van der Waals surface area contributed by atoms with Gasteiger partial charge in [0.2, 0.25) is 23.6 Å². The van der Waals surface area contributed by atoms with Crippen LogP contribution in [0, 0.1) is 11.8 Å². The van der Waals surface area contributed by atoms with Crippen LogP contribution >= 0.6 is 0 Å². The molecule has 6 amide bonds. The Bertz CT molecular complexity index is 2360. The second-order valence-corrected chi connectivity index (χ2v) is 16.8. The molecular formula is C45H73N19O16Tc+4. The molecule has 1 radical (unpaired) electrons. The molecule has 0 fully saturated rings. The summed E-state index contributed by atoms with van der Waals surface area (Å²) in [6, 6.07) is 3.66. The number of ether oxygens (including phenoxy) is 1. The van der Waals surface area contributed by atoms with Crippen LogP contribution in [-0.2, 0) is 60.1 Å². The SMILES string of the molecule is CC(C)[C@H](NC(=O)[C@H](Cc1ccc(OCCCNC(=O)/N=N/c2ccccn2)cc1)NC(=O)[C@H](CC(=O)O)NC(=O)CN)C(=O)N[C@@H](CCCN=C(N)N)C(=O)O.NC(C(=O)O)C(CO)C(NCO)(NCO)NCO.[99Tc+4].c1nc[nH]n1. The Morgan fingerprint density at radius 3 is 1.90 bits per heavy atom. The van der Waals surface area contributed by atoms with E-state index in [4.69, 9.17) is 48.1 Å². The normalized spacial score (nSPS) is 13.0. The predicted molar refractivity (Wildman–Crippen MR) is 280 cm³/mol. The number of azo groups is 1. The molecule has 24 N–H and O–H groups in total. The van der Waals surface area contributed by atoms with E-state index < -0.39 is 135 Å². The zero-order valence-corrected chi connectivity index (χ0v) is 46.0. The minimum absolute atomic E-state index is 0. The van der Waals surface area contributed by atoms with E-state index in [0.29, 0.717) is 17.7 Å². The quantitative estimate of drug-likeness (QED) is 0.00870. The van der Waals surface area contributed by atoms with Crippen molar-refractivity contribution in [1.82, 2.24) is 62.7 Å². The number of aromatic nitrogens is 4. The number of nitrogens with zero attached hydrogens (tertiary/aromatic N) is 6. The van der Waals surface area contributed by atoms with Crippen LogP contribution in [0.15, 0.2) is 76.5 Å². The fraction of sp³-hybridized carbons (Fsp3) is 0.511. The molecule has 0 aliphatic carbocycles. The summed E-state index contributed by atoms with van der Waals surface area (Å²) in [5.41, 5.74) is 21.9. The first kappa shape index (κ1) is 73.2. The fourth-order valence-corrected chi connectivity index (χ4v) is 6.70. The zero-order valence-electron chi connectivity index (χ0n) is 44.2. The van der Waals surface area contributed by atoms with Crippen molar-refractivity contribution in [1.29, 1.82) is 0 Å². The van der Waals surface area contributed by atoms with Gasteiger partial charge in [0.15, 0.2) is 11.8 Å². The van der Waals surface area contributed by atoms with E-state index in [9.17, 15) is 53.7 Å². The minimum Gasteiger partial charge on any atom is -0.494 e. The Hall–Kier alpha value is -7.77. The van der Waals surface area contributed by atoms with Gasteiger partial charge in [-0.1, -0.05) is 37.2 Å². The number of guanidine groups is 1. The Morgan fingerprint density at radius 1 is 0.790 bits per heavy atom. The maximum Gasteiger partial charge on any atom is 4.00 e. The van der Waals surface area contributed by atoms with Crippen LogP contribution in [0.25, 0.3) is 0 Å². The van der Waals surface area contributed by atoms with Gasteiger partial charge >= 0.3 is 44.0 Å². The van der Waals surface area contributed by atoms with Gasteiger partial charge in [-0.2, -0.15) is 5.10 Å². The molecule has 35 nitrogen and oxygen atoms in total. The van der Waals surface area contributed by atoms with Crippen LogP contribution in [0.4, 0.5) is 10.6 Å². The number of aliphatic imine (C=N–C) groups is 1. The number of rotatable bonds is 34. The largest absolute Gasteiger partial charge is 4.00 e. The van der Waals surface area contributed by atoms with Crippen LogP contribution < -0.4 is 70.2 Å². The molecule has 3 aromatic rings. The number of nitrogens with one attached hydrogen (secondary N) is 9. The van der Waals surface area contributed by atoms with E-state index >= 15 is 0 Å². The van der Waals surface area contributed by atoms with Crippen molar-refractivity contribution in [2.24, 2.45) is 50.0 Å².